The standard InChI is InChI=1S/C20H29NO/c1-6-13-21(14-7-2)15-12-18(9-4)20-16-19(22-5)11-10-17(20)8-3/h6-7,9-11,16H,1-2,8,12-15H2,3-5H3/b18-9-. The van der Waals surface area contributed by atoms with Gasteiger partial charge < -0.3 is 4.74 Å². The molecular formula is C20H29NO. The number of nitrogens with zero attached hydrogens (tertiary/aromatic N) is 1. The van der Waals surface area contributed by atoms with Gasteiger partial charge in [0, 0.05) is 19.6 Å². The van der Waals surface area contributed by atoms with E-state index in [2.05, 4.69) is 50.1 Å². The van der Waals surface area contributed by atoms with E-state index in [-0.39, 0.29) is 0 Å². The Hall–Kier alpha value is -1.80. The van der Waals surface area contributed by atoms with Gasteiger partial charge in [-0.3, -0.25) is 4.90 Å². The van der Waals surface area contributed by atoms with Gasteiger partial charge >= 0.3 is 0 Å². The smallest absolute Gasteiger partial charge is 0.119 e. The Balaban J connectivity index is 2.91. The molecule has 2 nitrogen and oxygen atoms in total. The van der Waals surface area contributed by atoms with Crippen molar-refractivity contribution < 1.29 is 4.74 Å². The maximum absolute atomic E-state index is 5.39. The number of hydrogen-bond donors (Lipinski definition) is 0. The van der Waals surface area contributed by atoms with Crippen molar-refractivity contribution in [2.75, 3.05) is 26.7 Å². The van der Waals surface area contributed by atoms with Crippen LogP contribution in [0.15, 0.2) is 49.6 Å². The summed E-state index contributed by atoms with van der Waals surface area (Å²) in [7, 11) is 1.72. The van der Waals surface area contributed by atoms with Crippen molar-refractivity contribution in [1.82, 2.24) is 4.90 Å². The van der Waals surface area contributed by atoms with Crippen molar-refractivity contribution >= 4 is 5.57 Å². The van der Waals surface area contributed by atoms with Gasteiger partial charge in [0.2, 0.25) is 0 Å². The number of allylic oxidation sites excluding steroid dienone is 1. The van der Waals surface area contributed by atoms with Gasteiger partial charge in [-0.25, -0.2) is 0 Å². The third-order valence-electron chi connectivity index (χ3n) is 3.86. The lowest BCUT2D eigenvalue weighted by Crippen LogP contribution is -2.25. The fourth-order valence-electron chi connectivity index (χ4n) is 2.63. The maximum atomic E-state index is 5.39. The number of rotatable bonds is 10. The van der Waals surface area contributed by atoms with E-state index < -0.39 is 0 Å². The van der Waals surface area contributed by atoms with Crippen LogP contribution in [-0.4, -0.2) is 31.6 Å². The summed E-state index contributed by atoms with van der Waals surface area (Å²) in [5, 5.41) is 0. The highest BCUT2D eigenvalue weighted by atomic mass is 16.5. The van der Waals surface area contributed by atoms with Crippen LogP contribution < -0.4 is 4.74 Å². The van der Waals surface area contributed by atoms with Gasteiger partial charge in [-0.15, -0.1) is 13.2 Å². The summed E-state index contributed by atoms with van der Waals surface area (Å²) in [4.78, 5) is 2.34. The summed E-state index contributed by atoms with van der Waals surface area (Å²) < 4.78 is 5.39. The number of hydrogen-bond acceptors (Lipinski definition) is 2. The van der Waals surface area contributed by atoms with E-state index in [4.69, 9.17) is 4.74 Å². The summed E-state index contributed by atoms with van der Waals surface area (Å²) >= 11 is 0. The molecule has 0 bridgehead atoms. The molecule has 0 heterocycles. The molecule has 0 aromatic heterocycles. The molecule has 1 rings (SSSR count). The van der Waals surface area contributed by atoms with Gasteiger partial charge in [-0.05, 0) is 48.6 Å². The van der Waals surface area contributed by atoms with Crippen LogP contribution in [-0.2, 0) is 6.42 Å². The van der Waals surface area contributed by atoms with Crippen molar-refractivity contribution in [2.24, 2.45) is 0 Å². The van der Waals surface area contributed by atoms with Crippen molar-refractivity contribution in [2.45, 2.75) is 26.7 Å². The minimum atomic E-state index is 0.891. The Morgan fingerprint density at radius 2 is 1.91 bits per heavy atom. The van der Waals surface area contributed by atoms with Crippen LogP contribution in [0.3, 0.4) is 0 Å². The number of aryl methyl sites for hydroxylation is 1. The molecule has 0 atom stereocenters. The lowest BCUT2D eigenvalue weighted by molar-refractivity contribution is 0.344. The van der Waals surface area contributed by atoms with E-state index in [0.717, 1.165) is 38.2 Å². The first-order chi connectivity index (χ1) is 10.7. The lowest BCUT2D eigenvalue weighted by Gasteiger charge is -2.21. The fraction of sp³-hybridized carbons (Fsp3) is 0.400. The average molecular weight is 299 g/mol. The van der Waals surface area contributed by atoms with E-state index in [1.165, 1.54) is 16.7 Å². The second kappa shape index (κ2) is 10.0. The highest BCUT2D eigenvalue weighted by molar-refractivity contribution is 5.69. The van der Waals surface area contributed by atoms with E-state index in [1.807, 2.05) is 18.2 Å². The zero-order valence-corrected chi connectivity index (χ0v) is 14.3. The molecule has 0 fully saturated rings. The molecule has 0 aliphatic rings. The molecule has 1 aromatic rings. The highest BCUT2D eigenvalue weighted by Crippen LogP contribution is 2.27. The van der Waals surface area contributed by atoms with E-state index in [0.29, 0.717) is 0 Å². The molecule has 0 saturated carbocycles. The van der Waals surface area contributed by atoms with Crippen LogP contribution >= 0.6 is 0 Å². The highest BCUT2D eigenvalue weighted by Gasteiger charge is 2.10. The molecule has 0 aliphatic carbocycles. The predicted molar refractivity (Wildman–Crippen MR) is 97.5 cm³/mol. The lowest BCUT2D eigenvalue weighted by atomic mass is 9.95. The second-order valence-corrected chi connectivity index (χ2v) is 5.28. The van der Waals surface area contributed by atoms with Gasteiger partial charge in [-0.2, -0.15) is 0 Å². The molecule has 0 N–H and O–H groups in total. The van der Waals surface area contributed by atoms with Crippen molar-refractivity contribution in [3.05, 3.63) is 60.7 Å². The zero-order valence-electron chi connectivity index (χ0n) is 14.3. The molecule has 120 valence electrons. The minimum absolute atomic E-state index is 0.891. The monoisotopic (exact) mass is 299 g/mol. The van der Waals surface area contributed by atoms with Crippen LogP contribution in [0.2, 0.25) is 0 Å². The first-order valence-corrected chi connectivity index (χ1v) is 7.96. The normalized spacial score (nSPS) is 11.5. The fourth-order valence-corrected chi connectivity index (χ4v) is 2.63. The Bertz CT molecular complexity index is 506. The number of ether oxygens (including phenoxy) is 1. The van der Waals surface area contributed by atoms with E-state index in [1.54, 1.807) is 7.11 Å². The van der Waals surface area contributed by atoms with Gasteiger partial charge in [0.1, 0.15) is 5.75 Å². The molecule has 2 heteroatoms. The summed E-state index contributed by atoms with van der Waals surface area (Å²) in [5.74, 6) is 0.917. The van der Waals surface area contributed by atoms with Gasteiger partial charge in [0.15, 0.2) is 0 Å². The SMILES string of the molecule is C=CCN(CC=C)CC/C(=C/C)c1cc(OC)ccc1CC. The largest absolute Gasteiger partial charge is 0.497 e. The first kappa shape index (κ1) is 18.2. The summed E-state index contributed by atoms with van der Waals surface area (Å²) in [6, 6.07) is 6.36. The van der Waals surface area contributed by atoms with Crippen molar-refractivity contribution in [3.63, 3.8) is 0 Å². The number of methoxy groups -OCH3 is 1. The Kier molecular flexibility index (Phi) is 8.31. The maximum Gasteiger partial charge on any atom is 0.119 e. The molecule has 0 aliphatic heterocycles. The Morgan fingerprint density at radius 1 is 1.23 bits per heavy atom. The predicted octanol–water partition coefficient (Wildman–Crippen LogP) is 4.73. The second-order valence-electron chi connectivity index (χ2n) is 5.28. The third kappa shape index (κ3) is 5.19. The molecule has 1 aromatic carbocycles. The molecule has 22 heavy (non-hydrogen) atoms. The summed E-state index contributed by atoms with van der Waals surface area (Å²) in [5.41, 5.74) is 4.04. The molecule has 0 spiro atoms. The van der Waals surface area contributed by atoms with Gasteiger partial charge in [-0.1, -0.05) is 31.2 Å². The van der Waals surface area contributed by atoms with Crippen molar-refractivity contribution in [3.8, 4) is 5.75 Å². The Labute approximate surface area is 135 Å². The molecule has 0 amide bonds. The minimum Gasteiger partial charge on any atom is -0.497 e. The number of benzene rings is 1. The molecule has 0 unspecified atom stereocenters. The van der Waals surface area contributed by atoms with Crippen molar-refractivity contribution in [1.29, 1.82) is 0 Å². The Morgan fingerprint density at radius 3 is 2.41 bits per heavy atom. The summed E-state index contributed by atoms with van der Waals surface area (Å²) in [6.07, 6.45) is 8.15. The zero-order chi connectivity index (χ0) is 16.4. The van der Waals surface area contributed by atoms with Crippen LogP contribution in [0.4, 0.5) is 0 Å². The van der Waals surface area contributed by atoms with Crippen LogP contribution in [0.5, 0.6) is 5.75 Å². The molecule has 0 saturated heterocycles. The quantitative estimate of drug-likeness (QED) is 0.579. The van der Waals surface area contributed by atoms with Gasteiger partial charge in [0.05, 0.1) is 7.11 Å². The molecule has 0 radical (unpaired) electrons. The third-order valence-corrected chi connectivity index (χ3v) is 3.86. The van der Waals surface area contributed by atoms with Crippen LogP contribution in [0, 0.1) is 0 Å². The molecular weight excluding hydrogens is 270 g/mol. The van der Waals surface area contributed by atoms with E-state index in [9.17, 15) is 0 Å². The van der Waals surface area contributed by atoms with Crippen LogP contribution in [0.25, 0.3) is 5.57 Å². The van der Waals surface area contributed by atoms with E-state index >= 15 is 0 Å². The summed E-state index contributed by atoms with van der Waals surface area (Å²) in [6.45, 7) is 14.7. The van der Waals surface area contributed by atoms with Gasteiger partial charge in [0.25, 0.3) is 0 Å². The first-order valence-electron chi connectivity index (χ1n) is 7.96. The van der Waals surface area contributed by atoms with Crippen LogP contribution in [0.1, 0.15) is 31.4 Å². The topological polar surface area (TPSA) is 12.5 Å². The average Bonchev–Trinajstić information content (AvgIpc) is 2.55.